The molecule has 4 aromatic heterocycles. The molecule has 141 heavy (non-hydrogen) atoms. The Bertz CT molecular complexity index is 6360. The molecule has 8 N–H and O–H groups in total. The van der Waals surface area contributed by atoms with Crippen LogP contribution in [0.25, 0.3) is 67.1 Å². The molecule has 12 aromatic rings. The molecule has 2 aliphatic heterocycles. The van der Waals surface area contributed by atoms with Gasteiger partial charge in [-0.3, -0.25) is 57.7 Å². The molecule has 32 nitrogen and oxygen atoms in total. The van der Waals surface area contributed by atoms with E-state index in [1.165, 1.54) is 17.4 Å². The van der Waals surface area contributed by atoms with Crippen LogP contribution in [0.3, 0.4) is 0 Å². The minimum absolute atomic E-state index is 0.135. The topological polar surface area (TPSA) is 389 Å². The number of fused-ring (bicyclic) bond motifs is 4. The van der Waals surface area contributed by atoms with Gasteiger partial charge >= 0.3 is 0 Å². The molecule has 0 fully saturated rings. The number of nitrogens with zero attached hydrogens (tertiary/aromatic N) is 15. The Morgan fingerprint density at radius 1 is 0.440 bits per heavy atom. The number of unbranched alkanes of at least 4 members (excludes halogenated alkanes) is 4. The van der Waals surface area contributed by atoms with Crippen molar-refractivity contribution in [3.63, 3.8) is 0 Å². The fourth-order valence-corrected chi connectivity index (χ4v) is 17.4. The first kappa shape index (κ1) is 103. The third-order valence-electron chi connectivity index (χ3n) is 25.8. The average molecular weight is 1910 g/mol. The Hall–Kier alpha value is -14.1. The molecule has 0 saturated carbocycles. The number of rotatable bonds is 56. The van der Waals surface area contributed by atoms with E-state index in [0.717, 1.165) is 220 Å². The second-order valence-electron chi connectivity index (χ2n) is 38.0. The SMILES string of the molecule is C[C@@H](CC(=O)[C@@H](C)NC(=O)CCCCCn1cc(CCCCN(C)CCNC(=O)c2ccc(-c3nc4cc(-c5ccc6c(c5)N=C(c5ccc(OCCCN(C)C)cc5)C6)ccc4[nH]3)cc2)nn1)C(=O)N[C@H](C)C(=O)C[C@H](C)C(=O)N(CCCn1cc(CCCCN(C)CCNC(=O)c2ccc(C3=Nc4cc(-c5ccc6[nH]c(-c7ccc(OCCCN(C)C)cc7)nc6c5)ccc4C3)cc2)nn1)CC(N)=O. The van der Waals surface area contributed by atoms with Crippen LogP contribution < -0.4 is 36.5 Å². The summed E-state index contributed by atoms with van der Waals surface area (Å²) >= 11 is 0. The van der Waals surface area contributed by atoms with Crippen LogP contribution in [-0.4, -0.2) is 266 Å². The summed E-state index contributed by atoms with van der Waals surface area (Å²) in [6.07, 6.45) is 14.8. The van der Waals surface area contributed by atoms with Crippen molar-refractivity contribution < 1.29 is 47.8 Å². The Balaban J connectivity index is 0.409. The van der Waals surface area contributed by atoms with Crippen LogP contribution in [0.2, 0.25) is 0 Å². The van der Waals surface area contributed by atoms with Gasteiger partial charge in [0.1, 0.15) is 23.1 Å². The van der Waals surface area contributed by atoms with Crippen molar-refractivity contribution in [1.29, 1.82) is 0 Å². The molecule has 6 amide bonds. The standard InChI is InChI=1S/C109H134N22O10/c1-72(61-100(132)74(3)113-103(135)23-12-11-15-55-130-69-88(121-123-130)21-13-16-52-128(10)58-49-112-108(138)81-30-26-78(27-31-81)104-117-92-46-40-84(65-98(92)119-104)83-33-35-87-68-95(116-97(87)64-83)77-36-42-90(43-37-77)140-59-19-50-125(5)6)106(136)114-75(4)101(133)62-73(2)109(139)129(71-102(110)134)54-18-56-131-70-89(122-124-131)22-14-17-53-127(9)57-48-111-107(137)80-28-24-76(25-29-80)94-67-86-34-32-82(63-96(86)115-94)85-41-47-93-99(66-85)120-105(118-93)79-38-44-91(45-39-79)141-60-20-51-126(7)8/h24-47,63-66,69-70,72-75H,11-23,48-62,67-68,71H2,1-10H3,(H2,110,134)(H,111,137)(H,112,138)(H,113,135)(H,114,136)(H,117,119)(H,118,120)/t72-,73-,74+,75+/m0/s1. The number of H-pyrrole nitrogens is 2. The number of nitrogens with two attached hydrogens (primary N) is 1. The molecule has 0 radical (unpaired) electrons. The Kier molecular flexibility index (Phi) is 36.6. The second kappa shape index (κ2) is 50.2. The zero-order valence-corrected chi connectivity index (χ0v) is 82.9. The summed E-state index contributed by atoms with van der Waals surface area (Å²) in [7, 11) is 12.3. The van der Waals surface area contributed by atoms with Crippen LogP contribution >= 0.6 is 0 Å². The number of nitrogens with one attached hydrogen (secondary N) is 6. The van der Waals surface area contributed by atoms with Crippen molar-refractivity contribution in [1.82, 2.24) is 95.7 Å². The van der Waals surface area contributed by atoms with Crippen LogP contribution in [0, 0.1) is 11.8 Å². The maximum atomic E-state index is 13.8. The van der Waals surface area contributed by atoms with E-state index in [1.807, 2.05) is 116 Å². The molecule has 0 aliphatic carbocycles. The number of carbonyl (C=O) groups excluding carboxylic acids is 8. The molecule has 32 heteroatoms. The van der Waals surface area contributed by atoms with Crippen LogP contribution in [0.1, 0.15) is 166 Å². The molecule has 6 heterocycles. The number of likely N-dealkylation sites (N-methyl/N-ethyl adjacent to an activating group) is 2. The van der Waals surface area contributed by atoms with Crippen molar-refractivity contribution in [3.8, 4) is 56.5 Å². The van der Waals surface area contributed by atoms with Crippen LogP contribution in [0.5, 0.6) is 11.5 Å². The number of aromatic nitrogens is 10. The lowest BCUT2D eigenvalue weighted by molar-refractivity contribution is -0.140. The van der Waals surface area contributed by atoms with Crippen molar-refractivity contribution >= 4 is 91.9 Å². The van der Waals surface area contributed by atoms with Gasteiger partial charge in [0.2, 0.25) is 23.6 Å². The summed E-state index contributed by atoms with van der Waals surface area (Å²) in [6, 6.07) is 55.0. The summed E-state index contributed by atoms with van der Waals surface area (Å²) in [4.78, 5) is 142. The maximum absolute atomic E-state index is 13.8. The molecule has 0 spiro atoms. The van der Waals surface area contributed by atoms with Gasteiger partial charge in [0.05, 0.1) is 88.1 Å². The first-order valence-corrected chi connectivity index (χ1v) is 49.4. The molecule has 0 saturated heterocycles. The summed E-state index contributed by atoms with van der Waals surface area (Å²) in [5, 5.41) is 28.9. The number of imidazole rings is 2. The maximum Gasteiger partial charge on any atom is 0.251 e. The Morgan fingerprint density at radius 3 is 1.35 bits per heavy atom. The number of carbonyl (C=O) groups is 8. The van der Waals surface area contributed by atoms with Gasteiger partial charge in [0, 0.05) is 137 Å². The summed E-state index contributed by atoms with van der Waals surface area (Å²) in [5.41, 5.74) is 26.5. The molecular formula is C109H134N22O10. The normalized spacial score (nSPS) is 13.1. The van der Waals surface area contributed by atoms with E-state index < -0.39 is 47.4 Å². The molecule has 2 aliphatic rings. The van der Waals surface area contributed by atoms with Gasteiger partial charge < -0.3 is 70.9 Å². The smallest absolute Gasteiger partial charge is 0.251 e. The number of aromatic amines is 2. The molecule has 0 bridgehead atoms. The third kappa shape index (κ3) is 30.0. The molecular weight excluding hydrogens is 1780 g/mol. The van der Waals surface area contributed by atoms with E-state index in [1.54, 1.807) is 25.5 Å². The highest BCUT2D eigenvalue weighted by molar-refractivity contribution is 6.09. The lowest BCUT2D eigenvalue weighted by Crippen LogP contribution is -2.45. The number of aryl methyl sites for hydroxylation is 4. The molecule has 4 atom stereocenters. The highest BCUT2D eigenvalue weighted by Gasteiger charge is 2.30. The zero-order chi connectivity index (χ0) is 99.4. The number of primary amides is 1. The van der Waals surface area contributed by atoms with Crippen molar-refractivity contribution in [2.45, 2.75) is 162 Å². The fraction of sp³-hybridized carbons (Fsp3) is 0.413. The van der Waals surface area contributed by atoms with Gasteiger partial charge in [-0.2, -0.15) is 0 Å². The largest absolute Gasteiger partial charge is 0.494 e. The summed E-state index contributed by atoms with van der Waals surface area (Å²) in [5.74, 6) is -1.35. The van der Waals surface area contributed by atoms with E-state index in [0.29, 0.717) is 89.3 Å². The lowest BCUT2D eigenvalue weighted by atomic mass is 9.97. The van der Waals surface area contributed by atoms with Gasteiger partial charge in [-0.25, -0.2) is 9.97 Å². The number of amides is 6. The number of ketones is 2. The first-order chi connectivity index (χ1) is 68.1. The number of Topliss-reactive ketones (excluding diaryl/α,β-unsaturated/α-hetero) is 2. The number of hydrogen-bond donors (Lipinski definition) is 7. The number of ether oxygens (including phenoxy) is 2. The van der Waals surface area contributed by atoms with E-state index in [-0.39, 0.29) is 55.9 Å². The quantitative estimate of drug-likeness (QED) is 0.0174. The van der Waals surface area contributed by atoms with Crippen LogP contribution in [-0.2, 0) is 67.5 Å². The van der Waals surface area contributed by atoms with Crippen molar-refractivity contribution in [3.05, 3.63) is 227 Å². The Morgan fingerprint density at radius 2 is 0.872 bits per heavy atom. The van der Waals surface area contributed by atoms with Crippen LogP contribution in [0.15, 0.2) is 192 Å². The highest BCUT2D eigenvalue weighted by Crippen LogP contribution is 2.38. The lowest BCUT2D eigenvalue weighted by Gasteiger charge is -2.25. The number of benzene rings is 8. The molecule has 14 rings (SSSR count). The zero-order valence-electron chi connectivity index (χ0n) is 82.9. The molecule has 740 valence electrons. The van der Waals surface area contributed by atoms with Gasteiger partial charge in [-0.1, -0.05) is 91.4 Å². The molecule has 8 aromatic carbocycles. The van der Waals surface area contributed by atoms with Crippen molar-refractivity contribution in [2.24, 2.45) is 27.6 Å². The van der Waals surface area contributed by atoms with E-state index in [9.17, 15) is 38.4 Å². The van der Waals surface area contributed by atoms with Gasteiger partial charge in [-0.15, -0.1) is 10.2 Å². The van der Waals surface area contributed by atoms with Gasteiger partial charge in [0.25, 0.3) is 11.8 Å². The summed E-state index contributed by atoms with van der Waals surface area (Å²) in [6.45, 7) is 14.5. The average Bonchev–Trinajstić information content (AvgIpc) is 1.65. The van der Waals surface area contributed by atoms with E-state index in [2.05, 4.69) is 185 Å². The monoisotopic (exact) mass is 1910 g/mol. The third-order valence-corrected chi connectivity index (χ3v) is 25.8. The van der Waals surface area contributed by atoms with Crippen LogP contribution in [0.4, 0.5) is 11.4 Å². The molecule has 0 unspecified atom stereocenters. The number of aliphatic imine (C=N–C) groups is 2. The fourth-order valence-electron chi connectivity index (χ4n) is 17.4. The highest BCUT2D eigenvalue weighted by atomic mass is 16.5. The van der Waals surface area contributed by atoms with Crippen molar-refractivity contribution in [2.75, 3.05) is 121 Å². The predicted molar refractivity (Wildman–Crippen MR) is 551 cm³/mol. The summed E-state index contributed by atoms with van der Waals surface area (Å²) < 4.78 is 15.4. The first-order valence-electron chi connectivity index (χ1n) is 49.4. The van der Waals surface area contributed by atoms with Gasteiger partial charge in [-0.05, 0) is 294 Å². The van der Waals surface area contributed by atoms with E-state index in [4.69, 9.17) is 35.2 Å². The minimum atomic E-state index is -0.975. The van der Waals surface area contributed by atoms with Gasteiger partial charge in [0.15, 0.2) is 11.6 Å². The number of hydrogen-bond acceptors (Lipinski definition) is 22. The van der Waals surface area contributed by atoms with E-state index >= 15 is 0 Å². The predicted octanol–water partition coefficient (Wildman–Crippen LogP) is 13.8. The second-order valence-corrected chi connectivity index (χ2v) is 38.0. The minimum Gasteiger partial charge on any atom is -0.494 e. The Labute approximate surface area is 824 Å².